The third kappa shape index (κ3) is 5.29. The van der Waals surface area contributed by atoms with Crippen molar-refractivity contribution in [3.8, 4) is 0 Å². The first-order chi connectivity index (χ1) is 7.49. The van der Waals surface area contributed by atoms with Crippen LogP contribution in [0.15, 0.2) is 0 Å². The molecule has 0 aliphatic carbocycles. The smallest absolute Gasteiger partial charge is 0.338 e. The van der Waals surface area contributed by atoms with E-state index in [0.717, 1.165) is 25.9 Å². The molecular formula is C8H16N2O5S. The molecule has 1 aliphatic heterocycles. The van der Waals surface area contributed by atoms with E-state index in [1.54, 1.807) is 4.90 Å². The van der Waals surface area contributed by atoms with Gasteiger partial charge >= 0.3 is 16.4 Å². The lowest BCUT2D eigenvalue weighted by Gasteiger charge is -2.15. The SMILES string of the molecule is O=C(NCCCOS(=O)(=O)O)N1CCCC1. The van der Waals surface area contributed by atoms with Gasteiger partial charge in [0.2, 0.25) is 0 Å². The first kappa shape index (κ1) is 13.2. The van der Waals surface area contributed by atoms with Crippen LogP contribution in [0.3, 0.4) is 0 Å². The highest BCUT2D eigenvalue weighted by Gasteiger charge is 2.16. The molecule has 1 saturated heterocycles. The number of carbonyl (C=O) groups is 1. The van der Waals surface area contributed by atoms with E-state index in [-0.39, 0.29) is 12.6 Å². The van der Waals surface area contributed by atoms with E-state index in [0.29, 0.717) is 13.0 Å². The molecule has 0 bridgehead atoms. The Labute approximate surface area is 94.7 Å². The molecule has 1 fully saturated rings. The molecule has 0 unspecified atom stereocenters. The van der Waals surface area contributed by atoms with E-state index in [9.17, 15) is 13.2 Å². The van der Waals surface area contributed by atoms with E-state index in [1.807, 2.05) is 0 Å². The van der Waals surface area contributed by atoms with Gasteiger partial charge in [-0.15, -0.1) is 0 Å². The van der Waals surface area contributed by atoms with Crippen LogP contribution in [0.4, 0.5) is 4.79 Å². The molecule has 7 nitrogen and oxygen atoms in total. The molecule has 16 heavy (non-hydrogen) atoms. The van der Waals surface area contributed by atoms with Crippen molar-refractivity contribution in [3.63, 3.8) is 0 Å². The lowest BCUT2D eigenvalue weighted by atomic mass is 10.4. The second kappa shape index (κ2) is 6.02. The Kier molecular flexibility index (Phi) is 4.97. The normalized spacial score (nSPS) is 16.4. The number of hydrogen-bond donors (Lipinski definition) is 2. The molecule has 0 saturated carbocycles. The van der Waals surface area contributed by atoms with Crippen LogP contribution in [-0.2, 0) is 14.6 Å². The topological polar surface area (TPSA) is 95.9 Å². The van der Waals surface area contributed by atoms with E-state index in [2.05, 4.69) is 9.50 Å². The average Bonchev–Trinajstić information content (AvgIpc) is 2.67. The zero-order chi connectivity index (χ0) is 12.0. The lowest BCUT2D eigenvalue weighted by Crippen LogP contribution is -2.38. The number of nitrogens with zero attached hydrogens (tertiary/aromatic N) is 1. The highest BCUT2D eigenvalue weighted by atomic mass is 32.3. The summed E-state index contributed by atoms with van der Waals surface area (Å²) < 4.78 is 32.7. The van der Waals surface area contributed by atoms with Crippen molar-refractivity contribution in [2.24, 2.45) is 0 Å². The van der Waals surface area contributed by atoms with E-state index in [1.165, 1.54) is 0 Å². The van der Waals surface area contributed by atoms with E-state index >= 15 is 0 Å². The standard InChI is InChI=1S/C8H16N2O5S/c11-8(10-5-1-2-6-10)9-4-3-7-15-16(12,13)14/h1-7H2,(H,9,11)(H,12,13,14). The van der Waals surface area contributed by atoms with Gasteiger partial charge in [-0.2, -0.15) is 8.42 Å². The van der Waals surface area contributed by atoms with Crippen molar-refractivity contribution in [1.29, 1.82) is 0 Å². The highest BCUT2D eigenvalue weighted by Crippen LogP contribution is 2.06. The molecule has 0 spiro atoms. The number of rotatable bonds is 5. The summed E-state index contributed by atoms with van der Waals surface area (Å²) in [6, 6.07) is -0.135. The summed E-state index contributed by atoms with van der Waals surface area (Å²) in [5, 5.41) is 2.64. The number of nitrogens with one attached hydrogen (secondary N) is 1. The van der Waals surface area contributed by atoms with Crippen molar-refractivity contribution in [2.45, 2.75) is 19.3 Å². The van der Waals surface area contributed by atoms with Crippen molar-refractivity contribution < 1.29 is 21.9 Å². The van der Waals surface area contributed by atoms with Gasteiger partial charge in [-0.3, -0.25) is 4.55 Å². The summed E-state index contributed by atoms with van der Waals surface area (Å²) in [7, 11) is -4.36. The molecule has 94 valence electrons. The third-order valence-electron chi connectivity index (χ3n) is 2.22. The zero-order valence-corrected chi connectivity index (χ0v) is 9.70. The maximum absolute atomic E-state index is 11.4. The second-order valence-electron chi connectivity index (χ2n) is 3.53. The minimum Gasteiger partial charge on any atom is -0.338 e. The molecule has 2 N–H and O–H groups in total. The summed E-state index contributed by atoms with van der Waals surface area (Å²) in [4.78, 5) is 13.1. The summed E-state index contributed by atoms with van der Waals surface area (Å²) in [6.45, 7) is 1.73. The summed E-state index contributed by atoms with van der Waals surface area (Å²) in [5.41, 5.74) is 0. The predicted octanol–water partition coefficient (Wildman–Crippen LogP) is 0.00130. The second-order valence-corrected chi connectivity index (χ2v) is 4.62. The van der Waals surface area contributed by atoms with Gasteiger partial charge in [0.25, 0.3) is 0 Å². The van der Waals surface area contributed by atoms with E-state index in [4.69, 9.17) is 4.55 Å². The number of carbonyl (C=O) groups excluding carboxylic acids is 1. The quantitative estimate of drug-likeness (QED) is 0.530. The number of likely N-dealkylation sites (tertiary alicyclic amines) is 1. The fourth-order valence-electron chi connectivity index (χ4n) is 1.46. The van der Waals surface area contributed by atoms with Crippen molar-refractivity contribution >= 4 is 16.4 Å². The molecular weight excluding hydrogens is 236 g/mol. The van der Waals surface area contributed by atoms with Crippen LogP contribution < -0.4 is 5.32 Å². The molecule has 8 heteroatoms. The van der Waals surface area contributed by atoms with Crippen LogP contribution >= 0.6 is 0 Å². The van der Waals surface area contributed by atoms with Crippen molar-refractivity contribution in [2.75, 3.05) is 26.2 Å². The fraction of sp³-hybridized carbons (Fsp3) is 0.875. The van der Waals surface area contributed by atoms with E-state index < -0.39 is 10.4 Å². The molecule has 1 rings (SSSR count). The van der Waals surface area contributed by atoms with Gasteiger partial charge in [-0.05, 0) is 19.3 Å². The van der Waals surface area contributed by atoms with Crippen LogP contribution in [0.5, 0.6) is 0 Å². The van der Waals surface area contributed by atoms with Gasteiger partial charge in [-0.25, -0.2) is 8.98 Å². The Bertz CT molecular complexity index is 323. The minimum atomic E-state index is -4.36. The molecule has 0 aromatic carbocycles. The number of hydrogen-bond acceptors (Lipinski definition) is 4. The van der Waals surface area contributed by atoms with Crippen LogP contribution in [0.25, 0.3) is 0 Å². The van der Waals surface area contributed by atoms with Gasteiger partial charge in [0.15, 0.2) is 0 Å². The minimum absolute atomic E-state index is 0.135. The maximum atomic E-state index is 11.4. The molecule has 0 radical (unpaired) electrons. The number of urea groups is 1. The van der Waals surface area contributed by atoms with Crippen LogP contribution in [0.1, 0.15) is 19.3 Å². The maximum Gasteiger partial charge on any atom is 0.397 e. The highest BCUT2D eigenvalue weighted by molar-refractivity contribution is 7.80. The summed E-state index contributed by atoms with van der Waals surface area (Å²) >= 11 is 0. The van der Waals surface area contributed by atoms with Gasteiger partial charge in [0, 0.05) is 19.6 Å². The zero-order valence-electron chi connectivity index (χ0n) is 8.89. The van der Waals surface area contributed by atoms with Crippen LogP contribution in [0, 0.1) is 0 Å². The van der Waals surface area contributed by atoms with Gasteiger partial charge < -0.3 is 10.2 Å². The third-order valence-corrected chi connectivity index (χ3v) is 2.69. The Morgan fingerprint density at radius 2 is 2.00 bits per heavy atom. The largest absolute Gasteiger partial charge is 0.397 e. The Balaban J connectivity index is 2.04. The fourth-order valence-corrected chi connectivity index (χ4v) is 1.79. The van der Waals surface area contributed by atoms with Crippen LogP contribution in [-0.4, -0.2) is 50.1 Å². The predicted molar refractivity (Wildman–Crippen MR) is 56.3 cm³/mol. The number of amides is 2. The first-order valence-electron chi connectivity index (χ1n) is 5.13. The molecule has 0 aromatic heterocycles. The van der Waals surface area contributed by atoms with Crippen LogP contribution in [0.2, 0.25) is 0 Å². The summed E-state index contributed by atoms with van der Waals surface area (Å²) in [6.07, 6.45) is 2.39. The molecule has 1 heterocycles. The molecule has 0 atom stereocenters. The Hall–Kier alpha value is -0.860. The molecule has 1 aliphatic rings. The molecule has 2 amide bonds. The monoisotopic (exact) mass is 252 g/mol. The van der Waals surface area contributed by atoms with Gasteiger partial charge in [-0.1, -0.05) is 0 Å². The van der Waals surface area contributed by atoms with Crippen molar-refractivity contribution in [3.05, 3.63) is 0 Å². The summed E-state index contributed by atoms with van der Waals surface area (Å²) in [5.74, 6) is 0. The molecule has 0 aromatic rings. The average molecular weight is 252 g/mol. The van der Waals surface area contributed by atoms with Gasteiger partial charge in [0.05, 0.1) is 6.61 Å². The Morgan fingerprint density at radius 3 is 2.56 bits per heavy atom. The Morgan fingerprint density at radius 1 is 1.38 bits per heavy atom. The lowest BCUT2D eigenvalue weighted by molar-refractivity contribution is 0.207. The first-order valence-corrected chi connectivity index (χ1v) is 6.50. The van der Waals surface area contributed by atoms with Gasteiger partial charge in [0.1, 0.15) is 0 Å². The van der Waals surface area contributed by atoms with Crippen molar-refractivity contribution in [1.82, 2.24) is 10.2 Å².